The number of fused-ring (bicyclic) bond motifs is 1. The number of carbonyl (C=O) groups excluding carboxylic acids is 2. The maximum Gasteiger partial charge on any atom is 0.305 e. The minimum Gasteiger partial charge on any atom is -0.455 e. The summed E-state index contributed by atoms with van der Waals surface area (Å²) in [5.41, 5.74) is 6.48. The van der Waals surface area contributed by atoms with Crippen LogP contribution in [0.2, 0.25) is 0 Å². The Morgan fingerprint density at radius 1 is 0.971 bits per heavy atom. The lowest BCUT2D eigenvalue weighted by Gasteiger charge is -2.14. The van der Waals surface area contributed by atoms with E-state index in [1.165, 1.54) is 0 Å². The van der Waals surface area contributed by atoms with Gasteiger partial charge in [-0.05, 0) is 56.2 Å². The van der Waals surface area contributed by atoms with Gasteiger partial charge in [0.25, 0.3) is 15.9 Å². The molecule has 11 heteroatoms. The van der Waals surface area contributed by atoms with Crippen LogP contribution in [0.5, 0.6) is 0 Å². The third-order valence-corrected chi connectivity index (χ3v) is 6.51. The van der Waals surface area contributed by atoms with Gasteiger partial charge >= 0.3 is 5.91 Å². The van der Waals surface area contributed by atoms with Gasteiger partial charge in [-0.3, -0.25) is 20.4 Å². The van der Waals surface area contributed by atoms with Crippen molar-refractivity contribution in [1.29, 1.82) is 0 Å². The summed E-state index contributed by atoms with van der Waals surface area (Å²) in [4.78, 5) is 26.9. The Morgan fingerprint density at radius 2 is 1.65 bits per heavy atom. The Bertz CT molecular complexity index is 1370. The highest BCUT2D eigenvalue weighted by atomic mass is 32.2. The maximum atomic E-state index is 13.1. The lowest BCUT2D eigenvalue weighted by Crippen LogP contribution is -2.41. The summed E-state index contributed by atoms with van der Waals surface area (Å²) in [5.74, 6) is -1.19. The van der Waals surface area contributed by atoms with E-state index in [0.29, 0.717) is 47.4 Å². The highest BCUT2D eigenvalue weighted by molar-refractivity contribution is 7.89. The second-order valence-electron chi connectivity index (χ2n) is 7.59. The molecule has 176 valence electrons. The average Bonchev–Trinajstić information content (AvgIpc) is 3.19. The van der Waals surface area contributed by atoms with Gasteiger partial charge in [-0.15, -0.1) is 0 Å². The molecule has 0 radical (unpaired) electrons. The first-order valence-corrected chi connectivity index (χ1v) is 11.9. The predicted octanol–water partition coefficient (Wildman–Crippen LogP) is 2.82. The van der Waals surface area contributed by atoms with Crippen molar-refractivity contribution in [3.05, 3.63) is 88.6 Å². The number of sulfonamides is 1. The molecule has 0 unspecified atom stereocenters. The normalized spacial score (nSPS) is 14.4. The largest absolute Gasteiger partial charge is 0.455 e. The van der Waals surface area contributed by atoms with E-state index in [4.69, 9.17) is 4.42 Å². The van der Waals surface area contributed by atoms with Gasteiger partial charge in [0.15, 0.2) is 5.76 Å². The van der Waals surface area contributed by atoms with E-state index in [-0.39, 0.29) is 10.7 Å². The number of hydrogen-bond donors (Lipinski definition) is 3. The van der Waals surface area contributed by atoms with Gasteiger partial charge in [0.2, 0.25) is 0 Å². The van der Waals surface area contributed by atoms with E-state index in [1.807, 2.05) is 0 Å². The van der Waals surface area contributed by atoms with Gasteiger partial charge in [0.05, 0.1) is 10.6 Å². The van der Waals surface area contributed by atoms with Crippen molar-refractivity contribution in [1.82, 2.24) is 15.7 Å². The highest BCUT2D eigenvalue weighted by Gasteiger charge is 2.28. The molecule has 1 aliphatic rings. The monoisotopic (exact) mass is 484 g/mol. The molecule has 2 aromatic carbocycles. The van der Waals surface area contributed by atoms with Crippen LogP contribution in [0.3, 0.4) is 0 Å². The summed E-state index contributed by atoms with van der Waals surface area (Å²) >= 11 is 0. The van der Waals surface area contributed by atoms with Crippen molar-refractivity contribution in [3.8, 4) is 0 Å². The molecule has 1 aliphatic carbocycles. The topological polar surface area (TPSA) is 130 Å². The standard InChI is InChI=1S/C23H21FN4O5S/c1-14-20-18(25-28-34(31,32)17-12-10-16(24)11-13-17)8-5-9-19(20)33-21(14)23(30)27-26-22(29)15-6-3-2-4-7-15/h2-4,6-7,10-13,28H,5,8-9H2,1H3,(H,26,29)(H,27,30)/b25-18+. The number of amides is 2. The number of benzene rings is 2. The number of hydrazine groups is 1. The summed E-state index contributed by atoms with van der Waals surface area (Å²) < 4.78 is 43.8. The summed E-state index contributed by atoms with van der Waals surface area (Å²) in [6.45, 7) is 1.66. The molecule has 9 nitrogen and oxygen atoms in total. The summed E-state index contributed by atoms with van der Waals surface area (Å²) in [6, 6.07) is 12.7. The first kappa shape index (κ1) is 23.2. The van der Waals surface area contributed by atoms with Crippen LogP contribution in [0, 0.1) is 12.7 Å². The van der Waals surface area contributed by atoms with Crippen molar-refractivity contribution in [2.75, 3.05) is 0 Å². The third kappa shape index (κ3) is 4.84. The SMILES string of the molecule is Cc1c(C(=O)NNC(=O)c2ccccc2)oc2c1/C(=N/NS(=O)(=O)c1ccc(F)cc1)CCC2. The van der Waals surface area contributed by atoms with Gasteiger partial charge < -0.3 is 4.42 Å². The zero-order valence-corrected chi connectivity index (χ0v) is 18.9. The van der Waals surface area contributed by atoms with Crippen molar-refractivity contribution < 1.29 is 26.8 Å². The van der Waals surface area contributed by atoms with E-state index >= 15 is 0 Å². The molecule has 3 aromatic rings. The second kappa shape index (κ2) is 9.48. The molecule has 4 rings (SSSR count). The van der Waals surface area contributed by atoms with Crippen LogP contribution in [0.15, 0.2) is 69.0 Å². The Labute approximate surface area is 195 Å². The van der Waals surface area contributed by atoms with Crippen LogP contribution in [0.1, 0.15) is 50.6 Å². The molecule has 2 amide bonds. The van der Waals surface area contributed by atoms with Crippen LogP contribution in [-0.2, 0) is 16.4 Å². The van der Waals surface area contributed by atoms with E-state index in [9.17, 15) is 22.4 Å². The lowest BCUT2D eigenvalue weighted by atomic mass is 9.93. The van der Waals surface area contributed by atoms with Crippen molar-refractivity contribution in [2.24, 2.45) is 5.10 Å². The maximum absolute atomic E-state index is 13.1. The molecular weight excluding hydrogens is 463 g/mol. The number of hydrazone groups is 1. The Balaban J connectivity index is 1.52. The molecule has 1 aromatic heterocycles. The van der Waals surface area contributed by atoms with Crippen molar-refractivity contribution in [3.63, 3.8) is 0 Å². The first-order valence-electron chi connectivity index (χ1n) is 10.4. The number of nitrogens with zero attached hydrogens (tertiary/aromatic N) is 1. The zero-order valence-electron chi connectivity index (χ0n) is 18.1. The number of hydrogen-bond acceptors (Lipinski definition) is 6. The fourth-order valence-corrected chi connectivity index (χ4v) is 4.44. The molecule has 3 N–H and O–H groups in total. The average molecular weight is 485 g/mol. The van der Waals surface area contributed by atoms with Gasteiger partial charge in [0.1, 0.15) is 11.6 Å². The van der Waals surface area contributed by atoms with Crippen LogP contribution in [0.25, 0.3) is 0 Å². The van der Waals surface area contributed by atoms with Crippen LogP contribution < -0.4 is 15.7 Å². The van der Waals surface area contributed by atoms with E-state index in [2.05, 4.69) is 20.8 Å². The zero-order chi connectivity index (χ0) is 24.3. The summed E-state index contributed by atoms with van der Waals surface area (Å²) in [7, 11) is -4.01. The minimum absolute atomic E-state index is 0.00523. The third-order valence-electron chi connectivity index (χ3n) is 5.28. The summed E-state index contributed by atoms with van der Waals surface area (Å²) in [5, 5.41) is 4.07. The molecule has 34 heavy (non-hydrogen) atoms. The van der Waals surface area contributed by atoms with Gasteiger partial charge in [-0.1, -0.05) is 18.2 Å². The van der Waals surface area contributed by atoms with Gasteiger partial charge in [0, 0.05) is 23.1 Å². The molecule has 0 atom stereocenters. The Kier molecular flexibility index (Phi) is 6.46. The smallest absolute Gasteiger partial charge is 0.305 e. The Hall–Kier alpha value is -3.99. The van der Waals surface area contributed by atoms with E-state index in [0.717, 1.165) is 24.3 Å². The van der Waals surface area contributed by atoms with Crippen LogP contribution >= 0.6 is 0 Å². The number of halogens is 1. The summed E-state index contributed by atoms with van der Waals surface area (Å²) in [6.07, 6.45) is 1.65. The number of aryl methyl sites for hydroxylation is 1. The predicted molar refractivity (Wildman–Crippen MR) is 121 cm³/mol. The lowest BCUT2D eigenvalue weighted by molar-refractivity contribution is 0.0829. The van der Waals surface area contributed by atoms with Gasteiger partial charge in [-0.2, -0.15) is 18.4 Å². The first-order chi connectivity index (χ1) is 16.3. The molecule has 0 saturated carbocycles. The highest BCUT2D eigenvalue weighted by Crippen LogP contribution is 2.30. The number of furan rings is 1. The number of carbonyl (C=O) groups is 2. The molecule has 0 fully saturated rings. The van der Waals surface area contributed by atoms with Crippen molar-refractivity contribution >= 4 is 27.5 Å². The van der Waals surface area contributed by atoms with E-state index in [1.54, 1.807) is 37.3 Å². The molecule has 0 bridgehead atoms. The molecular formula is C23H21FN4O5S. The molecule has 1 heterocycles. The fraction of sp³-hybridized carbons (Fsp3) is 0.174. The van der Waals surface area contributed by atoms with Gasteiger partial charge in [-0.25, -0.2) is 4.39 Å². The van der Waals surface area contributed by atoms with Crippen LogP contribution in [-0.4, -0.2) is 25.9 Å². The number of nitrogens with one attached hydrogen (secondary N) is 3. The van der Waals surface area contributed by atoms with Crippen molar-refractivity contribution in [2.45, 2.75) is 31.1 Å². The minimum atomic E-state index is -4.01. The second-order valence-corrected chi connectivity index (χ2v) is 9.25. The molecule has 0 aliphatic heterocycles. The molecule has 0 spiro atoms. The Morgan fingerprint density at radius 3 is 2.35 bits per heavy atom. The molecule has 0 saturated heterocycles. The fourth-order valence-electron chi connectivity index (χ4n) is 3.61. The number of rotatable bonds is 5. The van der Waals surface area contributed by atoms with E-state index < -0.39 is 27.7 Å². The van der Waals surface area contributed by atoms with Crippen LogP contribution in [0.4, 0.5) is 4.39 Å². The quantitative estimate of drug-likeness (QED) is 0.480.